The van der Waals surface area contributed by atoms with E-state index in [2.05, 4.69) is 9.97 Å². The average Bonchev–Trinajstić information content (AvgIpc) is 2.87. The lowest BCUT2D eigenvalue weighted by Gasteiger charge is -2.24. The van der Waals surface area contributed by atoms with E-state index in [1.165, 1.54) is 0 Å². The molecule has 7 nitrogen and oxygen atoms in total. The second-order valence-electron chi connectivity index (χ2n) is 7.27. The van der Waals surface area contributed by atoms with Crippen molar-refractivity contribution in [3.05, 3.63) is 40.0 Å². The first-order valence-corrected chi connectivity index (χ1v) is 11.2. The van der Waals surface area contributed by atoms with E-state index in [1.54, 1.807) is 4.90 Å². The summed E-state index contributed by atoms with van der Waals surface area (Å²) < 4.78 is 52.7. The lowest BCUT2D eigenvalue weighted by molar-refractivity contribution is 0.0187. The summed E-state index contributed by atoms with van der Waals surface area (Å²) in [4.78, 5) is 10.3. The average molecular weight is 446 g/mol. The van der Waals surface area contributed by atoms with Gasteiger partial charge in [-0.15, -0.1) is 0 Å². The molecule has 2 aromatic rings. The van der Waals surface area contributed by atoms with Crippen LogP contribution < -0.4 is 4.90 Å². The van der Waals surface area contributed by atoms with Gasteiger partial charge in [0.2, 0.25) is 0 Å². The highest BCUT2D eigenvalue weighted by molar-refractivity contribution is 7.90. The standard InChI is InChI=1S/C18H18ClF2N3O4S/c19-11-6-12(20)9(5-13(11)21)17-22-14-8-29(27,28)7-10(14)18(23-17)24-3-1-15(25)16(26)2-4-24/h5-6,15-16,25-26H,1-4,7-8H2/t15-,16+. The number of aromatic nitrogens is 2. The summed E-state index contributed by atoms with van der Waals surface area (Å²) in [7, 11) is -3.44. The van der Waals surface area contributed by atoms with Crippen molar-refractivity contribution in [1.82, 2.24) is 9.97 Å². The van der Waals surface area contributed by atoms with Gasteiger partial charge in [-0.3, -0.25) is 0 Å². The fraction of sp³-hybridized carbons (Fsp3) is 0.444. The fourth-order valence-electron chi connectivity index (χ4n) is 3.62. The third-order valence-corrected chi connectivity index (χ3v) is 6.91. The summed E-state index contributed by atoms with van der Waals surface area (Å²) >= 11 is 5.61. The van der Waals surface area contributed by atoms with Crippen LogP contribution in [0, 0.1) is 11.6 Å². The molecule has 156 valence electrons. The molecule has 3 heterocycles. The lowest BCUT2D eigenvalue weighted by atomic mass is 10.1. The van der Waals surface area contributed by atoms with Gasteiger partial charge in [-0.05, 0) is 25.0 Å². The minimum Gasteiger partial charge on any atom is -0.390 e. The zero-order valence-electron chi connectivity index (χ0n) is 15.1. The first kappa shape index (κ1) is 20.4. The molecular formula is C18H18ClF2N3O4S. The van der Waals surface area contributed by atoms with Crippen molar-refractivity contribution in [2.24, 2.45) is 0 Å². The van der Waals surface area contributed by atoms with E-state index in [9.17, 15) is 27.4 Å². The number of nitrogens with zero attached hydrogens (tertiary/aromatic N) is 3. The van der Waals surface area contributed by atoms with Crippen LogP contribution in [-0.2, 0) is 21.3 Å². The molecule has 2 atom stereocenters. The molecule has 1 aromatic carbocycles. The van der Waals surface area contributed by atoms with Gasteiger partial charge in [-0.25, -0.2) is 27.2 Å². The number of fused-ring (bicyclic) bond motifs is 1. The molecular weight excluding hydrogens is 428 g/mol. The number of rotatable bonds is 2. The number of aliphatic hydroxyl groups excluding tert-OH is 2. The maximum Gasteiger partial charge on any atom is 0.164 e. The largest absolute Gasteiger partial charge is 0.390 e. The van der Waals surface area contributed by atoms with E-state index in [4.69, 9.17) is 11.6 Å². The zero-order chi connectivity index (χ0) is 20.9. The van der Waals surface area contributed by atoms with Gasteiger partial charge in [-0.2, -0.15) is 0 Å². The van der Waals surface area contributed by atoms with Crippen LogP contribution in [-0.4, -0.2) is 53.9 Å². The highest BCUT2D eigenvalue weighted by Gasteiger charge is 2.34. The molecule has 1 aromatic heterocycles. The van der Waals surface area contributed by atoms with Gasteiger partial charge in [0.1, 0.15) is 17.5 Å². The molecule has 1 fully saturated rings. The van der Waals surface area contributed by atoms with Crippen molar-refractivity contribution in [3.8, 4) is 11.4 Å². The highest BCUT2D eigenvalue weighted by Crippen LogP contribution is 2.35. The number of sulfone groups is 1. The van der Waals surface area contributed by atoms with Crippen molar-refractivity contribution >= 4 is 27.3 Å². The van der Waals surface area contributed by atoms with Crippen LogP contribution in [0.15, 0.2) is 12.1 Å². The van der Waals surface area contributed by atoms with Crippen molar-refractivity contribution in [2.45, 2.75) is 36.6 Å². The van der Waals surface area contributed by atoms with Crippen LogP contribution in [0.4, 0.5) is 14.6 Å². The summed E-state index contributed by atoms with van der Waals surface area (Å²) in [5.74, 6) is -2.10. The Balaban J connectivity index is 1.84. The number of hydrogen-bond acceptors (Lipinski definition) is 7. The number of halogens is 3. The van der Waals surface area contributed by atoms with Crippen LogP contribution in [0.1, 0.15) is 24.1 Å². The van der Waals surface area contributed by atoms with E-state index in [0.29, 0.717) is 24.5 Å². The monoisotopic (exact) mass is 445 g/mol. The quantitative estimate of drug-likeness (QED) is 0.679. The Morgan fingerprint density at radius 1 is 1.03 bits per heavy atom. The Labute approximate surface area is 170 Å². The summed E-state index contributed by atoms with van der Waals surface area (Å²) in [6, 6.07) is 1.69. The molecule has 2 aliphatic rings. The van der Waals surface area contributed by atoms with E-state index in [0.717, 1.165) is 12.1 Å². The van der Waals surface area contributed by atoms with Crippen LogP contribution in [0.2, 0.25) is 5.02 Å². The molecule has 0 saturated carbocycles. The molecule has 0 amide bonds. The van der Waals surface area contributed by atoms with E-state index < -0.39 is 33.7 Å². The number of benzene rings is 1. The first-order valence-electron chi connectivity index (χ1n) is 9.01. The molecule has 0 radical (unpaired) electrons. The van der Waals surface area contributed by atoms with Gasteiger partial charge < -0.3 is 15.1 Å². The van der Waals surface area contributed by atoms with E-state index in [1.807, 2.05) is 0 Å². The normalized spacial score (nSPS) is 23.7. The predicted octanol–water partition coefficient (Wildman–Crippen LogP) is 1.83. The van der Waals surface area contributed by atoms with Crippen LogP contribution in [0.25, 0.3) is 11.4 Å². The predicted molar refractivity (Wildman–Crippen MR) is 102 cm³/mol. The maximum atomic E-state index is 14.4. The fourth-order valence-corrected chi connectivity index (χ4v) is 5.27. The molecule has 0 spiro atoms. The minimum absolute atomic E-state index is 0.144. The summed E-state index contributed by atoms with van der Waals surface area (Å²) in [5, 5.41) is 19.4. The molecule has 2 aliphatic heterocycles. The SMILES string of the molecule is O=S1(=O)Cc2nc(-c3cc(F)c(Cl)cc3F)nc(N3CC[C@@H](O)[C@@H](O)CC3)c2C1. The van der Waals surface area contributed by atoms with Crippen molar-refractivity contribution in [3.63, 3.8) is 0 Å². The smallest absolute Gasteiger partial charge is 0.164 e. The second kappa shape index (κ2) is 7.42. The van der Waals surface area contributed by atoms with Gasteiger partial charge in [0, 0.05) is 18.7 Å². The van der Waals surface area contributed by atoms with Gasteiger partial charge >= 0.3 is 0 Å². The molecule has 0 bridgehead atoms. The molecule has 2 N–H and O–H groups in total. The zero-order valence-corrected chi connectivity index (χ0v) is 16.7. The molecule has 11 heteroatoms. The third kappa shape index (κ3) is 3.94. The topological polar surface area (TPSA) is 104 Å². The summed E-state index contributed by atoms with van der Waals surface area (Å²) in [5.41, 5.74) is 0.426. The molecule has 0 unspecified atom stereocenters. The van der Waals surface area contributed by atoms with Crippen LogP contribution in [0.5, 0.6) is 0 Å². The Hall–Kier alpha value is -1.88. The molecule has 29 heavy (non-hydrogen) atoms. The van der Waals surface area contributed by atoms with Gasteiger partial charge in [0.15, 0.2) is 15.7 Å². The second-order valence-corrected chi connectivity index (χ2v) is 9.75. The van der Waals surface area contributed by atoms with Crippen molar-refractivity contribution in [2.75, 3.05) is 18.0 Å². The summed E-state index contributed by atoms with van der Waals surface area (Å²) in [6.07, 6.45) is -1.29. The van der Waals surface area contributed by atoms with Crippen molar-refractivity contribution in [1.29, 1.82) is 0 Å². The molecule has 0 aliphatic carbocycles. The number of aliphatic hydroxyl groups is 2. The van der Waals surface area contributed by atoms with Gasteiger partial charge in [0.05, 0.1) is 40.0 Å². The molecule has 4 rings (SSSR count). The van der Waals surface area contributed by atoms with Gasteiger partial charge in [0.25, 0.3) is 0 Å². The van der Waals surface area contributed by atoms with E-state index in [-0.39, 0.29) is 46.5 Å². The molecule has 1 saturated heterocycles. The van der Waals surface area contributed by atoms with Crippen LogP contribution in [0.3, 0.4) is 0 Å². The lowest BCUT2D eigenvalue weighted by Crippen LogP contribution is -2.27. The van der Waals surface area contributed by atoms with E-state index >= 15 is 0 Å². The Bertz CT molecular complexity index is 1070. The van der Waals surface area contributed by atoms with Crippen LogP contribution >= 0.6 is 11.6 Å². The maximum absolute atomic E-state index is 14.4. The van der Waals surface area contributed by atoms with Gasteiger partial charge in [-0.1, -0.05) is 11.6 Å². The minimum atomic E-state index is -3.44. The third-order valence-electron chi connectivity index (χ3n) is 5.18. The van der Waals surface area contributed by atoms with Crippen molar-refractivity contribution < 1.29 is 27.4 Å². The Morgan fingerprint density at radius 2 is 1.69 bits per heavy atom. The first-order chi connectivity index (χ1) is 13.6. The number of anilines is 1. The summed E-state index contributed by atoms with van der Waals surface area (Å²) in [6.45, 7) is 0.636. The highest BCUT2D eigenvalue weighted by atomic mass is 35.5. The number of hydrogen-bond donors (Lipinski definition) is 2. The Morgan fingerprint density at radius 3 is 2.34 bits per heavy atom. The Kier molecular flexibility index (Phi) is 5.22.